The molecule has 58 valence electrons. The highest BCUT2D eigenvalue weighted by molar-refractivity contribution is 9.10. The summed E-state index contributed by atoms with van der Waals surface area (Å²) in [6.07, 6.45) is 2.37. The summed E-state index contributed by atoms with van der Waals surface area (Å²) < 4.78 is 0.908. The number of fused-ring (bicyclic) bond motifs is 1. The van der Waals surface area contributed by atoms with E-state index >= 15 is 0 Å². The highest BCUT2D eigenvalue weighted by Gasteiger charge is 2.08. The fourth-order valence-corrected chi connectivity index (χ4v) is 1.61. The van der Waals surface area contributed by atoms with E-state index in [0.29, 0.717) is 0 Å². The van der Waals surface area contributed by atoms with Crippen LogP contribution in [0, 0.1) is 0 Å². The van der Waals surface area contributed by atoms with Gasteiger partial charge in [-0.15, -0.1) is 0 Å². The molecule has 1 aliphatic heterocycles. The molecule has 0 fully saturated rings. The van der Waals surface area contributed by atoms with Gasteiger partial charge in [0.05, 0.1) is 0 Å². The molecule has 0 amide bonds. The van der Waals surface area contributed by atoms with Crippen LogP contribution in [0.4, 0.5) is 5.82 Å². The summed E-state index contributed by atoms with van der Waals surface area (Å²) in [7, 11) is 0. The minimum absolute atomic E-state index is 0.908. The summed E-state index contributed by atoms with van der Waals surface area (Å²) in [5.41, 5.74) is 1.33. The van der Waals surface area contributed by atoms with E-state index in [-0.39, 0.29) is 0 Å². The van der Waals surface area contributed by atoms with E-state index in [4.69, 9.17) is 0 Å². The number of pyridine rings is 1. The summed E-state index contributed by atoms with van der Waals surface area (Å²) in [5, 5.41) is 3.26. The van der Waals surface area contributed by atoms with Gasteiger partial charge in [-0.3, -0.25) is 0 Å². The first-order valence-corrected chi connectivity index (χ1v) is 4.55. The maximum Gasteiger partial charge on any atom is 0.130 e. The van der Waals surface area contributed by atoms with Crippen molar-refractivity contribution < 1.29 is 0 Å². The van der Waals surface area contributed by atoms with E-state index in [1.807, 2.05) is 6.07 Å². The number of aryl methyl sites for hydroxylation is 1. The summed E-state index contributed by atoms with van der Waals surface area (Å²) >= 11 is 3.34. The number of hydrogen-bond acceptors (Lipinski definition) is 2. The first kappa shape index (κ1) is 7.10. The van der Waals surface area contributed by atoms with E-state index in [0.717, 1.165) is 23.4 Å². The molecule has 0 aromatic carbocycles. The molecule has 0 saturated heterocycles. The van der Waals surface area contributed by atoms with Crippen molar-refractivity contribution in [2.24, 2.45) is 0 Å². The standard InChI is InChI=1S/C8H9BrN2/c9-7-4-3-6-2-1-5-10-8(6)11-7/h3-4H,1-2,5H2,(H,10,11). The monoisotopic (exact) mass is 212 g/mol. The molecule has 3 heteroatoms. The maximum absolute atomic E-state index is 4.32. The molecule has 1 aromatic heterocycles. The fraction of sp³-hybridized carbons (Fsp3) is 0.375. The van der Waals surface area contributed by atoms with Gasteiger partial charge in [0.15, 0.2) is 0 Å². The smallest absolute Gasteiger partial charge is 0.130 e. The highest BCUT2D eigenvalue weighted by Crippen LogP contribution is 2.21. The topological polar surface area (TPSA) is 24.9 Å². The van der Waals surface area contributed by atoms with Crippen molar-refractivity contribution in [3.05, 3.63) is 22.3 Å². The normalized spacial score (nSPS) is 15.4. The Bertz CT molecular complexity index is 273. The molecule has 1 aromatic rings. The predicted molar refractivity (Wildman–Crippen MR) is 48.7 cm³/mol. The second kappa shape index (κ2) is 2.81. The van der Waals surface area contributed by atoms with E-state index < -0.39 is 0 Å². The fourth-order valence-electron chi connectivity index (χ4n) is 1.30. The van der Waals surface area contributed by atoms with Crippen molar-refractivity contribution in [1.29, 1.82) is 0 Å². The molecule has 2 nitrogen and oxygen atoms in total. The summed E-state index contributed by atoms with van der Waals surface area (Å²) in [5.74, 6) is 1.05. The minimum Gasteiger partial charge on any atom is -0.370 e. The van der Waals surface area contributed by atoms with Crippen LogP contribution in [0.1, 0.15) is 12.0 Å². The number of aromatic nitrogens is 1. The Kier molecular flexibility index (Phi) is 1.82. The Morgan fingerprint density at radius 2 is 2.36 bits per heavy atom. The van der Waals surface area contributed by atoms with E-state index in [9.17, 15) is 0 Å². The SMILES string of the molecule is Brc1ccc2c(n1)NCCC2. The quantitative estimate of drug-likeness (QED) is 0.668. The number of nitrogens with one attached hydrogen (secondary N) is 1. The van der Waals surface area contributed by atoms with Gasteiger partial charge in [-0.1, -0.05) is 6.07 Å². The Morgan fingerprint density at radius 1 is 1.45 bits per heavy atom. The summed E-state index contributed by atoms with van der Waals surface area (Å²) in [6, 6.07) is 4.12. The third kappa shape index (κ3) is 1.38. The van der Waals surface area contributed by atoms with Crippen LogP contribution in [-0.2, 0) is 6.42 Å². The van der Waals surface area contributed by atoms with Gasteiger partial charge in [-0.05, 0) is 40.4 Å². The van der Waals surface area contributed by atoms with E-state index in [2.05, 4.69) is 32.3 Å². The maximum atomic E-state index is 4.32. The minimum atomic E-state index is 0.908. The van der Waals surface area contributed by atoms with E-state index in [1.165, 1.54) is 12.0 Å². The lowest BCUT2D eigenvalue weighted by Crippen LogP contribution is -2.12. The van der Waals surface area contributed by atoms with Crippen molar-refractivity contribution in [1.82, 2.24) is 4.98 Å². The van der Waals surface area contributed by atoms with Crippen LogP contribution in [-0.4, -0.2) is 11.5 Å². The molecular formula is C8H9BrN2. The van der Waals surface area contributed by atoms with Gasteiger partial charge in [-0.2, -0.15) is 0 Å². The molecular weight excluding hydrogens is 204 g/mol. The molecule has 0 saturated carbocycles. The Balaban J connectivity index is 2.43. The number of anilines is 1. The second-order valence-corrected chi connectivity index (χ2v) is 3.48. The summed E-state index contributed by atoms with van der Waals surface area (Å²) in [6.45, 7) is 1.05. The van der Waals surface area contributed by atoms with Crippen LogP contribution < -0.4 is 5.32 Å². The third-order valence-corrected chi connectivity index (χ3v) is 2.30. The first-order chi connectivity index (χ1) is 5.36. The van der Waals surface area contributed by atoms with E-state index in [1.54, 1.807) is 0 Å². The molecule has 0 spiro atoms. The number of rotatable bonds is 0. The third-order valence-electron chi connectivity index (χ3n) is 1.86. The zero-order valence-electron chi connectivity index (χ0n) is 6.10. The van der Waals surface area contributed by atoms with Gasteiger partial charge in [0, 0.05) is 6.54 Å². The van der Waals surface area contributed by atoms with Crippen LogP contribution in [0.5, 0.6) is 0 Å². The van der Waals surface area contributed by atoms with Crippen LogP contribution in [0.3, 0.4) is 0 Å². The van der Waals surface area contributed by atoms with Gasteiger partial charge < -0.3 is 5.32 Å². The number of halogens is 1. The molecule has 0 atom stereocenters. The largest absolute Gasteiger partial charge is 0.370 e. The first-order valence-electron chi connectivity index (χ1n) is 3.75. The summed E-state index contributed by atoms with van der Waals surface area (Å²) in [4.78, 5) is 4.32. The van der Waals surface area contributed by atoms with Gasteiger partial charge in [0.25, 0.3) is 0 Å². The lowest BCUT2D eigenvalue weighted by molar-refractivity contribution is 0.816. The van der Waals surface area contributed by atoms with Crippen LogP contribution >= 0.6 is 15.9 Å². The van der Waals surface area contributed by atoms with Crippen LogP contribution in [0.2, 0.25) is 0 Å². The average Bonchev–Trinajstić information content (AvgIpc) is 2.04. The van der Waals surface area contributed by atoms with Crippen molar-refractivity contribution in [2.75, 3.05) is 11.9 Å². The lowest BCUT2D eigenvalue weighted by atomic mass is 10.1. The predicted octanol–water partition coefficient (Wildman–Crippen LogP) is 2.20. The van der Waals surface area contributed by atoms with Gasteiger partial charge in [0.1, 0.15) is 10.4 Å². The van der Waals surface area contributed by atoms with Crippen LogP contribution in [0.25, 0.3) is 0 Å². The second-order valence-electron chi connectivity index (χ2n) is 2.67. The van der Waals surface area contributed by atoms with Gasteiger partial charge in [0.2, 0.25) is 0 Å². The molecule has 0 unspecified atom stereocenters. The van der Waals surface area contributed by atoms with Crippen molar-refractivity contribution in [3.63, 3.8) is 0 Å². The lowest BCUT2D eigenvalue weighted by Gasteiger charge is -2.16. The molecule has 0 bridgehead atoms. The molecule has 0 radical (unpaired) electrons. The Hall–Kier alpha value is -0.570. The Morgan fingerprint density at radius 3 is 3.27 bits per heavy atom. The van der Waals surface area contributed by atoms with Gasteiger partial charge >= 0.3 is 0 Å². The molecule has 2 heterocycles. The van der Waals surface area contributed by atoms with Gasteiger partial charge in [-0.25, -0.2) is 4.98 Å². The number of nitrogens with zero attached hydrogens (tertiary/aromatic N) is 1. The van der Waals surface area contributed by atoms with Crippen molar-refractivity contribution >= 4 is 21.7 Å². The molecule has 1 N–H and O–H groups in total. The van der Waals surface area contributed by atoms with Crippen molar-refractivity contribution in [2.45, 2.75) is 12.8 Å². The average molecular weight is 213 g/mol. The molecule has 1 aliphatic rings. The Labute approximate surface area is 74.2 Å². The highest BCUT2D eigenvalue weighted by atomic mass is 79.9. The zero-order valence-corrected chi connectivity index (χ0v) is 7.69. The molecule has 2 rings (SSSR count). The molecule has 0 aliphatic carbocycles. The number of hydrogen-bond donors (Lipinski definition) is 1. The van der Waals surface area contributed by atoms with Crippen molar-refractivity contribution in [3.8, 4) is 0 Å². The molecule has 11 heavy (non-hydrogen) atoms. The van der Waals surface area contributed by atoms with Crippen LogP contribution in [0.15, 0.2) is 16.7 Å². The zero-order chi connectivity index (χ0) is 7.68.